The molecule has 0 amide bonds. The molecule has 2 heteroatoms. The van der Waals surface area contributed by atoms with Crippen LogP contribution in [0.15, 0.2) is 0 Å². The average molecular weight is 226 g/mol. The average Bonchev–Trinajstić information content (AvgIpc) is 2.76. The van der Waals surface area contributed by atoms with Crippen molar-refractivity contribution in [2.75, 3.05) is 20.1 Å². The fraction of sp³-hybridized carbons (Fsp3) is 1.00. The first kappa shape index (κ1) is 14.0. The number of hydrogen-bond acceptors (Lipinski definition) is 2. The van der Waals surface area contributed by atoms with Crippen molar-refractivity contribution < 1.29 is 0 Å². The third kappa shape index (κ3) is 4.42. The highest BCUT2D eigenvalue weighted by molar-refractivity contribution is 4.80. The molecule has 1 aliphatic carbocycles. The molecule has 0 aliphatic heterocycles. The maximum atomic E-state index is 3.68. The van der Waals surface area contributed by atoms with Gasteiger partial charge in [-0.05, 0) is 38.8 Å². The monoisotopic (exact) mass is 226 g/mol. The van der Waals surface area contributed by atoms with E-state index < -0.39 is 0 Å². The fourth-order valence-electron chi connectivity index (χ4n) is 2.65. The first-order valence-electron chi connectivity index (χ1n) is 7.08. The van der Waals surface area contributed by atoms with E-state index >= 15 is 0 Å². The van der Waals surface area contributed by atoms with Gasteiger partial charge in [0.25, 0.3) is 0 Å². The Bertz CT molecular complexity index is 174. The molecule has 16 heavy (non-hydrogen) atoms. The first-order valence-corrected chi connectivity index (χ1v) is 7.08. The third-order valence-corrected chi connectivity index (χ3v) is 3.89. The van der Waals surface area contributed by atoms with Crippen molar-refractivity contribution in [2.45, 2.75) is 65.0 Å². The van der Waals surface area contributed by atoms with E-state index in [0.29, 0.717) is 6.04 Å². The Hall–Kier alpha value is -0.0800. The van der Waals surface area contributed by atoms with Gasteiger partial charge in [0.05, 0.1) is 0 Å². The number of nitrogens with one attached hydrogen (secondary N) is 1. The van der Waals surface area contributed by atoms with E-state index in [-0.39, 0.29) is 0 Å². The molecular weight excluding hydrogens is 196 g/mol. The molecular formula is C14H30N2. The zero-order valence-electron chi connectivity index (χ0n) is 11.6. The molecule has 0 saturated heterocycles. The third-order valence-electron chi connectivity index (χ3n) is 3.89. The van der Waals surface area contributed by atoms with Crippen LogP contribution in [0.3, 0.4) is 0 Å². The smallest absolute Gasteiger partial charge is 0.0217 e. The second kappa shape index (κ2) is 7.29. The molecule has 2 nitrogen and oxygen atoms in total. The van der Waals surface area contributed by atoms with Crippen molar-refractivity contribution in [1.82, 2.24) is 10.2 Å². The summed E-state index contributed by atoms with van der Waals surface area (Å²) in [6.07, 6.45) is 6.92. The van der Waals surface area contributed by atoms with E-state index in [1.807, 2.05) is 0 Å². The topological polar surface area (TPSA) is 15.3 Å². The molecule has 1 rings (SSSR count). The van der Waals surface area contributed by atoms with Gasteiger partial charge in [-0.2, -0.15) is 0 Å². The van der Waals surface area contributed by atoms with Gasteiger partial charge in [-0.25, -0.2) is 0 Å². The van der Waals surface area contributed by atoms with Crippen molar-refractivity contribution in [3.05, 3.63) is 0 Å². The Kier molecular flexibility index (Phi) is 6.37. The lowest BCUT2D eigenvalue weighted by Gasteiger charge is -2.31. The number of hydrogen-bond donors (Lipinski definition) is 1. The molecule has 0 aromatic carbocycles. The van der Waals surface area contributed by atoms with Crippen LogP contribution < -0.4 is 5.32 Å². The van der Waals surface area contributed by atoms with Crippen molar-refractivity contribution in [3.63, 3.8) is 0 Å². The Morgan fingerprint density at radius 2 is 1.88 bits per heavy atom. The van der Waals surface area contributed by atoms with Crippen molar-refractivity contribution >= 4 is 0 Å². The van der Waals surface area contributed by atoms with Crippen LogP contribution in [0.4, 0.5) is 0 Å². The van der Waals surface area contributed by atoms with Crippen LogP contribution in [0.2, 0.25) is 0 Å². The van der Waals surface area contributed by atoms with Gasteiger partial charge in [-0.1, -0.05) is 33.6 Å². The second-order valence-electron chi connectivity index (χ2n) is 5.68. The Labute approximate surface area is 102 Å². The van der Waals surface area contributed by atoms with Gasteiger partial charge in [-0.3, -0.25) is 0 Å². The van der Waals surface area contributed by atoms with Gasteiger partial charge in [0, 0.05) is 18.6 Å². The highest BCUT2D eigenvalue weighted by Gasteiger charge is 2.22. The molecule has 1 N–H and O–H groups in total. The molecule has 1 fully saturated rings. The van der Waals surface area contributed by atoms with Gasteiger partial charge in [0.15, 0.2) is 0 Å². The molecule has 0 bridgehead atoms. The minimum Gasteiger partial charge on any atom is -0.312 e. The molecule has 0 radical (unpaired) electrons. The highest BCUT2D eigenvalue weighted by Crippen LogP contribution is 2.22. The maximum absolute atomic E-state index is 3.68. The predicted octanol–water partition coefficient (Wildman–Crippen LogP) is 2.89. The fourth-order valence-corrected chi connectivity index (χ4v) is 2.65. The molecule has 1 aliphatic rings. The van der Waals surface area contributed by atoms with Gasteiger partial charge >= 0.3 is 0 Å². The van der Waals surface area contributed by atoms with Crippen molar-refractivity contribution in [2.24, 2.45) is 5.92 Å². The number of likely N-dealkylation sites (N-methyl/N-ethyl adjacent to an activating group) is 1. The Balaban J connectivity index is 2.34. The summed E-state index contributed by atoms with van der Waals surface area (Å²) in [7, 11) is 2.30. The van der Waals surface area contributed by atoms with Crippen molar-refractivity contribution in [3.8, 4) is 0 Å². The summed E-state index contributed by atoms with van der Waals surface area (Å²) in [5, 5.41) is 3.68. The number of rotatable bonds is 7. The standard InChI is InChI=1S/C14H30N2/c1-5-10-15-14(12(2)3)11-16(4)13-8-6-7-9-13/h12-15H,5-11H2,1-4H3. The van der Waals surface area contributed by atoms with E-state index in [4.69, 9.17) is 0 Å². The van der Waals surface area contributed by atoms with E-state index in [2.05, 4.69) is 38.0 Å². The molecule has 96 valence electrons. The SMILES string of the molecule is CCCNC(CN(C)C1CCCC1)C(C)C. The summed E-state index contributed by atoms with van der Waals surface area (Å²) in [6, 6.07) is 1.51. The Morgan fingerprint density at radius 3 is 2.38 bits per heavy atom. The zero-order chi connectivity index (χ0) is 12.0. The maximum Gasteiger partial charge on any atom is 0.0217 e. The van der Waals surface area contributed by atoms with Crippen LogP contribution in [-0.2, 0) is 0 Å². The van der Waals surface area contributed by atoms with Crippen LogP contribution in [-0.4, -0.2) is 37.1 Å². The molecule has 1 saturated carbocycles. The van der Waals surface area contributed by atoms with E-state index in [1.54, 1.807) is 0 Å². The number of nitrogens with zero attached hydrogens (tertiary/aromatic N) is 1. The van der Waals surface area contributed by atoms with Crippen molar-refractivity contribution in [1.29, 1.82) is 0 Å². The first-order chi connectivity index (χ1) is 7.65. The zero-order valence-corrected chi connectivity index (χ0v) is 11.6. The molecule has 1 unspecified atom stereocenters. The minimum absolute atomic E-state index is 0.658. The van der Waals surface area contributed by atoms with E-state index in [1.165, 1.54) is 38.6 Å². The quantitative estimate of drug-likeness (QED) is 0.718. The Morgan fingerprint density at radius 1 is 1.25 bits per heavy atom. The lowest BCUT2D eigenvalue weighted by molar-refractivity contribution is 0.198. The molecule has 0 aromatic rings. The molecule has 0 heterocycles. The summed E-state index contributed by atoms with van der Waals surface area (Å²) < 4.78 is 0. The normalized spacial score (nSPS) is 19.9. The lowest BCUT2D eigenvalue weighted by atomic mass is 10.0. The molecule has 1 atom stereocenters. The largest absolute Gasteiger partial charge is 0.312 e. The lowest BCUT2D eigenvalue weighted by Crippen LogP contribution is -2.45. The molecule has 0 aromatic heterocycles. The van der Waals surface area contributed by atoms with Crippen LogP contribution in [0.5, 0.6) is 0 Å². The minimum atomic E-state index is 0.658. The van der Waals surface area contributed by atoms with Crippen LogP contribution >= 0.6 is 0 Å². The molecule has 0 spiro atoms. The van der Waals surface area contributed by atoms with E-state index in [9.17, 15) is 0 Å². The summed E-state index contributed by atoms with van der Waals surface area (Å²) in [5.74, 6) is 0.732. The van der Waals surface area contributed by atoms with Gasteiger partial charge in [0.2, 0.25) is 0 Å². The van der Waals surface area contributed by atoms with Crippen LogP contribution in [0, 0.1) is 5.92 Å². The summed E-state index contributed by atoms with van der Waals surface area (Å²) in [4.78, 5) is 2.58. The van der Waals surface area contributed by atoms with Gasteiger partial charge in [0.1, 0.15) is 0 Å². The highest BCUT2D eigenvalue weighted by atomic mass is 15.2. The van der Waals surface area contributed by atoms with Crippen LogP contribution in [0.25, 0.3) is 0 Å². The van der Waals surface area contributed by atoms with Gasteiger partial charge in [-0.15, -0.1) is 0 Å². The summed E-state index contributed by atoms with van der Waals surface area (Å²) in [5.41, 5.74) is 0. The summed E-state index contributed by atoms with van der Waals surface area (Å²) in [6.45, 7) is 9.26. The van der Waals surface area contributed by atoms with E-state index in [0.717, 1.165) is 18.5 Å². The second-order valence-corrected chi connectivity index (χ2v) is 5.68. The van der Waals surface area contributed by atoms with Gasteiger partial charge < -0.3 is 10.2 Å². The summed E-state index contributed by atoms with van der Waals surface area (Å²) >= 11 is 0. The predicted molar refractivity (Wildman–Crippen MR) is 71.8 cm³/mol. The van der Waals surface area contributed by atoms with Crippen LogP contribution in [0.1, 0.15) is 52.9 Å².